The van der Waals surface area contributed by atoms with E-state index in [4.69, 9.17) is 4.74 Å². The second kappa shape index (κ2) is 8.94. The number of aromatic amines is 1. The number of H-pyrrole nitrogens is 1. The zero-order valence-electron chi connectivity index (χ0n) is 19.6. The maximum Gasteiger partial charge on any atom is 0.317 e. The van der Waals surface area contributed by atoms with E-state index >= 15 is 0 Å². The molecule has 5 heterocycles. The third kappa shape index (κ3) is 4.02. The van der Waals surface area contributed by atoms with Gasteiger partial charge < -0.3 is 19.9 Å². The molecule has 0 bridgehead atoms. The van der Waals surface area contributed by atoms with Gasteiger partial charge in [-0.2, -0.15) is 10.4 Å². The van der Waals surface area contributed by atoms with E-state index in [1.807, 2.05) is 34.2 Å². The number of fused-ring (bicyclic) bond motifs is 1. The molecule has 1 aliphatic carbocycles. The number of nitrogens with zero attached hydrogens (tertiary/aromatic N) is 7. The van der Waals surface area contributed by atoms with E-state index in [0.717, 1.165) is 61.2 Å². The van der Waals surface area contributed by atoms with Crippen molar-refractivity contribution in [3.8, 4) is 17.3 Å². The Morgan fingerprint density at radius 2 is 2.14 bits per heavy atom. The third-order valence-electron chi connectivity index (χ3n) is 7.71. The Morgan fingerprint density at radius 1 is 1.29 bits per heavy atom. The zero-order chi connectivity index (χ0) is 23.8. The van der Waals surface area contributed by atoms with Gasteiger partial charge in [0.2, 0.25) is 0 Å². The summed E-state index contributed by atoms with van der Waals surface area (Å²) in [5.74, 6) is 0. The van der Waals surface area contributed by atoms with Crippen molar-refractivity contribution in [3.63, 3.8) is 0 Å². The summed E-state index contributed by atoms with van der Waals surface area (Å²) in [6.07, 6.45) is 10.3. The van der Waals surface area contributed by atoms with Crippen molar-refractivity contribution < 1.29 is 9.53 Å². The van der Waals surface area contributed by atoms with Crippen LogP contribution in [-0.4, -0.2) is 92.0 Å². The SMILES string of the molecule is N#CCC1(n2cc(-c3ncnc4[nH]ccc34)cn2)CC(N2CCN(C(=O)NC3CCOC3)CC2)C1. The molecule has 3 aliphatic rings. The molecule has 3 fully saturated rings. The van der Waals surface area contributed by atoms with Crippen LogP contribution in [0.4, 0.5) is 4.79 Å². The first kappa shape index (κ1) is 22.0. The van der Waals surface area contributed by atoms with Crippen LogP contribution in [0.25, 0.3) is 22.3 Å². The summed E-state index contributed by atoms with van der Waals surface area (Å²) in [5.41, 5.74) is 2.25. The Kier molecular flexibility index (Phi) is 5.62. The minimum atomic E-state index is -0.307. The lowest BCUT2D eigenvalue weighted by Gasteiger charge is -2.52. The van der Waals surface area contributed by atoms with Gasteiger partial charge in [-0.25, -0.2) is 14.8 Å². The number of aromatic nitrogens is 5. The van der Waals surface area contributed by atoms with Crippen molar-refractivity contribution >= 4 is 17.1 Å². The third-order valence-corrected chi connectivity index (χ3v) is 7.71. The van der Waals surface area contributed by atoms with E-state index in [1.54, 1.807) is 6.33 Å². The number of piperazine rings is 1. The van der Waals surface area contributed by atoms with Gasteiger partial charge in [-0.15, -0.1) is 0 Å². The van der Waals surface area contributed by atoms with Gasteiger partial charge >= 0.3 is 6.03 Å². The zero-order valence-corrected chi connectivity index (χ0v) is 19.6. The second-order valence-electron chi connectivity index (χ2n) is 9.79. The predicted molar refractivity (Wildman–Crippen MR) is 127 cm³/mol. The lowest BCUT2D eigenvalue weighted by Crippen LogP contribution is -2.61. The number of urea groups is 1. The number of carbonyl (C=O) groups excluding carboxylic acids is 1. The van der Waals surface area contributed by atoms with Crippen LogP contribution in [-0.2, 0) is 10.3 Å². The molecule has 3 aromatic heterocycles. The van der Waals surface area contributed by atoms with Crippen molar-refractivity contribution in [2.75, 3.05) is 39.4 Å². The van der Waals surface area contributed by atoms with Gasteiger partial charge in [0, 0.05) is 62.2 Å². The standard InChI is InChI=1S/C24H29N9O2/c25-4-3-24(33-14-17(13-29-33)21-20-1-5-26-22(20)28-16-27-21)11-19(12-24)31-6-8-32(9-7-31)23(34)30-18-2-10-35-15-18/h1,5,13-14,16,18-19H,2-3,6-12,15H2,(H,30,34)(H,26,27,28). The second-order valence-corrected chi connectivity index (χ2v) is 9.79. The number of ether oxygens (including phenoxy) is 1. The Bertz CT molecular complexity index is 1240. The first-order valence-corrected chi connectivity index (χ1v) is 12.2. The van der Waals surface area contributed by atoms with Gasteiger partial charge in [0.05, 0.1) is 42.6 Å². The maximum atomic E-state index is 12.6. The lowest BCUT2D eigenvalue weighted by atomic mass is 9.70. The fourth-order valence-electron chi connectivity index (χ4n) is 5.65. The van der Waals surface area contributed by atoms with Crippen LogP contribution < -0.4 is 5.32 Å². The molecule has 0 radical (unpaired) electrons. The molecule has 35 heavy (non-hydrogen) atoms. The molecule has 1 unspecified atom stereocenters. The number of rotatable bonds is 5. The minimum Gasteiger partial charge on any atom is -0.379 e. The van der Waals surface area contributed by atoms with Crippen LogP contribution in [0.2, 0.25) is 0 Å². The fraction of sp³-hybridized carbons (Fsp3) is 0.542. The Hall–Kier alpha value is -3.49. The summed E-state index contributed by atoms with van der Waals surface area (Å²) < 4.78 is 7.32. The van der Waals surface area contributed by atoms with Gasteiger partial charge in [-0.3, -0.25) is 9.58 Å². The number of hydrogen-bond donors (Lipinski definition) is 2. The number of nitriles is 1. The Labute approximate surface area is 203 Å². The van der Waals surface area contributed by atoms with E-state index in [9.17, 15) is 10.1 Å². The van der Waals surface area contributed by atoms with Gasteiger partial charge in [0.25, 0.3) is 0 Å². The van der Waals surface area contributed by atoms with E-state index in [-0.39, 0.29) is 17.6 Å². The van der Waals surface area contributed by atoms with Gasteiger partial charge in [-0.05, 0) is 25.3 Å². The van der Waals surface area contributed by atoms with Crippen molar-refractivity contribution in [2.24, 2.45) is 0 Å². The van der Waals surface area contributed by atoms with Crippen molar-refractivity contribution in [2.45, 2.75) is 43.3 Å². The molecule has 0 spiro atoms. The van der Waals surface area contributed by atoms with Crippen molar-refractivity contribution in [3.05, 3.63) is 31.0 Å². The first-order valence-electron chi connectivity index (χ1n) is 12.2. The summed E-state index contributed by atoms with van der Waals surface area (Å²) in [4.78, 5) is 28.8. The van der Waals surface area contributed by atoms with E-state index < -0.39 is 0 Å². The Balaban J connectivity index is 1.10. The largest absolute Gasteiger partial charge is 0.379 e. The highest BCUT2D eigenvalue weighted by Gasteiger charge is 2.49. The Morgan fingerprint density at radius 3 is 2.91 bits per heavy atom. The lowest BCUT2D eigenvalue weighted by molar-refractivity contribution is -0.0130. The number of carbonyl (C=O) groups is 1. The minimum absolute atomic E-state index is 0.0120. The van der Waals surface area contributed by atoms with Crippen molar-refractivity contribution in [1.29, 1.82) is 5.26 Å². The molecule has 11 heteroatoms. The topological polar surface area (TPSA) is 128 Å². The molecular weight excluding hydrogens is 446 g/mol. The fourth-order valence-corrected chi connectivity index (χ4v) is 5.65. The highest BCUT2D eigenvalue weighted by atomic mass is 16.5. The van der Waals surface area contributed by atoms with Crippen molar-refractivity contribution in [1.82, 2.24) is 39.8 Å². The van der Waals surface area contributed by atoms with E-state index in [0.29, 0.717) is 32.2 Å². The summed E-state index contributed by atoms with van der Waals surface area (Å²) in [7, 11) is 0. The number of amides is 2. The molecule has 11 nitrogen and oxygen atoms in total. The molecule has 182 valence electrons. The molecular formula is C24H29N9O2. The normalized spacial score (nSPS) is 27.0. The average molecular weight is 476 g/mol. The van der Waals surface area contributed by atoms with Crippen LogP contribution in [0.1, 0.15) is 25.7 Å². The summed E-state index contributed by atoms with van der Waals surface area (Å²) in [6, 6.07) is 4.88. The molecule has 1 atom stereocenters. The van der Waals surface area contributed by atoms with E-state index in [2.05, 4.69) is 36.3 Å². The quantitative estimate of drug-likeness (QED) is 0.575. The maximum absolute atomic E-state index is 12.6. The van der Waals surface area contributed by atoms with Crippen LogP contribution in [0.3, 0.4) is 0 Å². The molecule has 6 rings (SSSR count). The first-order chi connectivity index (χ1) is 17.1. The average Bonchev–Trinajstić information content (AvgIpc) is 3.63. The summed E-state index contributed by atoms with van der Waals surface area (Å²) in [6.45, 7) is 4.45. The molecule has 3 aromatic rings. The highest BCUT2D eigenvalue weighted by molar-refractivity contribution is 5.90. The van der Waals surface area contributed by atoms with Gasteiger partial charge in [0.15, 0.2) is 0 Å². The number of hydrogen-bond acceptors (Lipinski definition) is 7. The smallest absolute Gasteiger partial charge is 0.317 e. The summed E-state index contributed by atoms with van der Waals surface area (Å²) >= 11 is 0. The van der Waals surface area contributed by atoms with Crippen LogP contribution in [0, 0.1) is 11.3 Å². The molecule has 0 aromatic carbocycles. The monoisotopic (exact) mass is 475 g/mol. The molecule has 2 saturated heterocycles. The predicted octanol–water partition coefficient (Wildman–Crippen LogP) is 1.71. The number of nitrogens with one attached hydrogen (secondary N) is 2. The molecule has 1 saturated carbocycles. The van der Waals surface area contributed by atoms with Crippen LogP contribution >= 0.6 is 0 Å². The molecule has 2 amide bonds. The molecule has 2 aliphatic heterocycles. The summed E-state index contributed by atoms with van der Waals surface area (Å²) in [5, 5.41) is 18.3. The van der Waals surface area contributed by atoms with Gasteiger partial charge in [-0.1, -0.05) is 0 Å². The highest BCUT2D eigenvalue weighted by Crippen LogP contribution is 2.45. The van der Waals surface area contributed by atoms with Gasteiger partial charge in [0.1, 0.15) is 12.0 Å². The molecule has 2 N–H and O–H groups in total. The van der Waals surface area contributed by atoms with Crippen LogP contribution in [0.15, 0.2) is 31.0 Å². The van der Waals surface area contributed by atoms with E-state index in [1.165, 1.54) is 0 Å². The van der Waals surface area contributed by atoms with Crippen LogP contribution in [0.5, 0.6) is 0 Å².